The first kappa shape index (κ1) is 38.2. The highest BCUT2D eigenvalue weighted by atomic mass is 32.2. The molecule has 4 heterocycles. The lowest BCUT2D eigenvalue weighted by Crippen LogP contribution is -2.30. The van der Waals surface area contributed by atoms with Gasteiger partial charge in [0, 0.05) is 39.2 Å². The molecule has 4 aliphatic rings. The zero-order valence-electron chi connectivity index (χ0n) is 33.5. The van der Waals surface area contributed by atoms with Crippen LogP contribution in [0.5, 0.6) is 0 Å². The Balaban J connectivity index is 0.827. The van der Waals surface area contributed by atoms with Crippen molar-refractivity contribution in [2.24, 2.45) is 0 Å². The van der Waals surface area contributed by atoms with Gasteiger partial charge in [0.1, 0.15) is 22.7 Å². The summed E-state index contributed by atoms with van der Waals surface area (Å²) >= 11 is -2.83. The number of nitrogens with zero attached hydrogens (tertiary/aromatic N) is 4. The zero-order chi connectivity index (χ0) is 43.4. The number of imide groups is 1. The second kappa shape index (κ2) is 14.6. The minimum Gasteiger partial charge on any atom is -0.606 e. The van der Waals surface area contributed by atoms with Crippen LogP contribution in [0.1, 0.15) is 42.9 Å². The van der Waals surface area contributed by atoms with Crippen molar-refractivity contribution in [3.8, 4) is 11.1 Å². The molecule has 8 aromatic carbocycles. The first-order valence-electron chi connectivity index (χ1n) is 20.5. The molecule has 64 heavy (non-hydrogen) atoms. The van der Waals surface area contributed by atoms with Crippen molar-refractivity contribution < 1.29 is 28.6 Å². The normalized spacial score (nSPS) is 16.4. The average molecular weight is 873 g/mol. The molecule has 0 fully saturated rings. The standard InChI is InChI=1S/C52H32N4O6S2/c57-49-35-11-9-17-41(55-37-13-1-5-19-43(37)63(61)44-20-6-2-14-38(44)55)47(35)51(59)53(49)33-27-23-31(24-28-33)32-25-29-34(30-26-32)54-50(58)36-12-10-18-42(48(36)52(54)60)56-39-15-3-7-21-45(39)64(62)46-22-8-4-16-40(46)56/h1-30,51,59H. The molecule has 0 aromatic heterocycles. The number of hydrogen-bond donors (Lipinski definition) is 1. The predicted molar refractivity (Wildman–Crippen MR) is 246 cm³/mol. The number of benzene rings is 8. The Morgan fingerprint density at radius 3 is 1.30 bits per heavy atom. The molecule has 0 aliphatic carbocycles. The van der Waals surface area contributed by atoms with Crippen molar-refractivity contribution in [2.45, 2.75) is 25.8 Å². The number of aliphatic hydroxyl groups excluding tert-OH is 1. The first-order valence-corrected chi connectivity index (χ1v) is 22.8. The van der Waals surface area contributed by atoms with E-state index in [9.17, 15) is 28.6 Å². The number of hydrogen-bond acceptors (Lipinski definition) is 8. The fourth-order valence-electron chi connectivity index (χ4n) is 9.35. The molecule has 8 aromatic rings. The van der Waals surface area contributed by atoms with Gasteiger partial charge in [0.25, 0.3) is 17.7 Å². The molecular formula is C52H32N4O6S2. The lowest BCUT2D eigenvalue weighted by atomic mass is 10.0. The Labute approximate surface area is 373 Å². The number of carbonyl (C=O) groups excluding carboxylic acids is 3. The highest BCUT2D eigenvalue weighted by molar-refractivity contribution is 7.92. The van der Waals surface area contributed by atoms with Gasteiger partial charge in [0.05, 0.1) is 28.2 Å². The third-order valence-corrected chi connectivity index (χ3v) is 15.2. The van der Waals surface area contributed by atoms with E-state index in [1.807, 2.05) is 143 Å². The maximum atomic E-state index is 14.4. The fourth-order valence-corrected chi connectivity index (χ4v) is 12.0. The number of rotatable bonds is 5. The number of carbonyl (C=O) groups is 3. The molecule has 0 bridgehead atoms. The predicted octanol–water partition coefficient (Wildman–Crippen LogP) is 10.7. The van der Waals surface area contributed by atoms with Crippen molar-refractivity contribution >= 4 is 85.6 Å². The fraction of sp³-hybridized carbons (Fsp3) is 0.0192. The molecule has 12 heteroatoms. The molecule has 0 saturated heterocycles. The van der Waals surface area contributed by atoms with Crippen LogP contribution in [0.15, 0.2) is 202 Å². The minimum absolute atomic E-state index is 0.263. The third-order valence-electron chi connectivity index (χ3n) is 12.2. The van der Waals surface area contributed by atoms with Crippen LogP contribution in [0.2, 0.25) is 0 Å². The summed E-state index contributed by atoms with van der Waals surface area (Å²) in [7, 11) is 0. The second-order valence-electron chi connectivity index (χ2n) is 15.6. The van der Waals surface area contributed by atoms with Gasteiger partial charge in [-0.1, -0.05) is 84.9 Å². The van der Waals surface area contributed by atoms with Crippen LogP contribution < -0.4 is 19.6 Å². The Morgan fingerprint density at radius 2 is 0.797 bits per heavy atom. The molecular weight excluding hydrogens is 841 g/mol. The monoisotopic (exact) mass is 872 g/mol. The topological polar surface area (TPSA) is 131 Å². The second-order valence-corrected chi connectivity index (χ2v) is 18.4. The summed E-state index contributed by atoms with van der Waals surface area (Å²) in [5.41, 5.74) is 7.79. The highest BCUT2D eigenvalue weighted by Gasteiger charge is 2.44. The average Bonchev–Trinajstić information content (AvgIpc) is 3.76. The number of para-hydroxylation sites is 4. The van der Waals surface area contributed by atoms with Crippen LogP contribution in [0.3, 0.4) is 0 Å². The van der Waals surface area contributed by atoms with E-state index in [1.54, 1.807) is 48.5 Å². The van der Waals surface area contributed by atoms with E-state index in [0.717, 1.165) is 11.1 Å². The Morgan fingerprint density at radius 1 is 0.391 bits per heavy atom. The van der Waals surface area contributed by atoms with Crippen LogP contribution >= 0.6 is 0 Å². The van der Waals surface area contributed by atoms with Gasteiger partial charge in [0.15, 0.2) is 25.8 Å². The van der Waals surface area contributed by atoms with Gasteiger partial charge in [-0.15, -0.1) is 0 Å². The third kappa shape index (κ3) is 5.51. The molecule has 3 amide bonds. The summed E-state index contributed by atoms with van der Waals surface area (Å²) < 4.78 is 27.2. The van der Waals surface area contributed by atoms with Crippen molar-refractivity contribution in [1.82, 2.24) is 0 Å². The van der Waals surface area contributed by atoms with Crippen LogP contribution in [-0.4, -0.2) is 31.9 Å². The Bertz CT molecular complexity index is 3190. The molecule has 0 radical (unpaired) electrons. The van der Waals surface area contributed by atoms with Crippen LogP contribution in [0.25, 0.3) is 11.1 Å². The molecule has 1 unspecified atom stereocenters. The molecule has 1 N–H and O–H groups in total. The summed E-state index contributed by atoms with van der Waals surface area (Å²) in [5, 5.41) is 12.0. The molecule has 0 saturated carbocycles. The van der Waals surface area contributed by atoms with Crippen LogP contribution in [-0.2, 0) is 22.4 Å². The maximum absolute atomic E-state index is 14.4. The molecule has 10 nitrogen and oxygen atoms in total. The van der Waals surface area contributed by atoms with E-state index >= 15 is 0 Å². The van der Waals surface area contributed by atoms with E-state index in [2.05, 4.69) is 0 Å². The van der Waals surface area contributed by atoms with Crippen molar-refractivity contribution in [1.29, 1.82) is 0 Å². The van der Waals surface area contributed by atoms with Crippen molar-refractivity contribution in [3.63, 3.8) is 0 Å². The summed E-state index contributed by atoms with van der Waals surface area (Å²) in [4.78, 5) is 51.5. The van der Waals surface area contributed by atoms with Crippen molar-refractivity contribution in [3.05, 3.63) is 204 Å². The van der Waals surface area contributed by atoms with Gasteiger partial charge in [-0.3, -0.25) is 19.3 Å². The van der Waals surface area contributed by atoms with Crippen molar-refractivity contribution in [2.75, 3.05) is 19.6 Å². The highest BCUT2D eigenvalue weighted by Crippen LogP contribution is 2.53. The van der Waals surface area contributed by atoms with E-state index < -0.39 is 40.4 Å². The SMILES string of the molecule is O=C1c2cccc(N3c4ccccc4[S+]([O-])c4ccccc43)c2C(=O)N1c1ccc(-c2ccc(N3C(=O)c4cccc(N5c6ccccc6[S+]([O-])c6ccccc65)c4C3O)cc2)cc1. The smallest absolute Gasteiger partial charge is 0.268 e. The summed E-state index contributed by atoms with van der Waals surface area (Å²) in [6, 6.07) is 54.7. The molecule has 12 rings (SSSR count). The van der Waals surface area contributed by atoms with E-state index in [0.29, 0.717) is 76.2 Å². The molecule has 4 aliphatic heterocycles. The van der Waals surface area contributed by atoms with Gasteiger partial charge < -0.3 is 24.0 Å². The zero-order valence-corrected chi connectivity index (χ0v) is 35.1. The number of aliphatic hydroxyl groups is 1. The van der Waals surface area contributed by atoms with Gasteiger partial charge in [-0.2, -0.15) is 0 Å². The van der Waals surface area contributed by atoms with E-state index in [1.165, 1.54) is 9.80 Å². The summed E-state index contributed by atoms with van der Waals surface area (Å²) in [6.45, 7) is 0. The van der Waals surface area contributed by atoms with Gasteiger partial charge in [-0.05, 0) is 108 Å². The lowest BCUT2D eigenvalue weighted by Gasteiger charge is -2.34. The van der Waals surface area contributed by atoms with E-state index in [-0.39, 0.29) is 17.0 Å². The van der Waals surface area contributed by atoms with Gasteiger partial charge >= 0.3 is 0 Å². The Hall–Kier alpha value is -7.45. The largest absolute Gasteiger partial charge is 0.606 e. The van der Waals surface area contributed by atoms with E-state index in [4.69, 9.17) is 0 Å². The number of fused-ring (bicyclic) bond motifs is 6. The summed E-state index contributed by atoms with van der Waals surface area (Å²) in [5.74, 6) is -1.25. The number of anilines is 8. The maximum Gasteiger partial charge on any atom is 0.268 e. The molecule has 1 atom stereocenters. The Kier molecular flexibility index (Phi) is 8.70. The minimum atomic E-state index is -1.42. The van der Waals surface area contributed by atoms with Crippen LogP contribution in [0.4, 0.5) is 45.5 Å². The van der Waals surface area contributed by atoms with Gasteiger partial charge in [-0.25, -0.2) is 4.90 Å². The van der Waals surface area contributed by atoms with Crippen LogP contribution in [0, 0.1) is 0 Å². The molecule has 308 valence electrons. The summed E-state index contributed by atoms with van der Waals surface area (Å²) in [6.07, 6.45) is -1.31. The van der Waals surface area contributed by atoms with Gasteiger partial charge in [0.2, 0.25) is 0 Å². The number of amides is 3. The quantitative estimate of drug-likeness (QED) is 0.134. The molecule has 0 spiro atoms. The first-order chi connectivity index (χ1) is 31.3. The lowest BCUT2D eigenvalue weighted by molar-refractivity contribution is 0.0917.